The van der Waals surface area contributed by atoms with Gasteiger partial charge in [0.25, 0.3) is 5.78 Å². The molecule has 0 radical (unpaired) electrons. The molecule has 0 amide bonds. The standard InChI is InChI=1S/C17H27N5/c1-4-7-14-11-16(22-17(20-14)18-12-19-22)21-9-6-5-8-15(21)10-13(2)3/h11-13,15H,4-10H2,1-3H3/t15-/m1/s1. The van der Waals surface area contributed by atoms with E-state index in [1.807, 2.05) is 4.52 Å². The maximum Gasteiger partial charge on any atom is 0.254 e. The van der Waals surface area contributed by atoms with Crippen LogP contribution in [0.4, 0.5) is 5.82 Å². The zero-order valence-corrected chi connectivity index (χ0v) is 14.0. The van der Waals surface area contributed by atoms with Crippen molar-refractivity contribution in [3.8, 4) is 0 Å². The number of piperidine rings is 1. The summed E-state index contributed by atoms with van der Waals surface area (Å²) in [6, 6.07) is 2.84. The van der Waals surface area contributed by atoms with Crippen molar-refractivity contribution in [1.29, 1.82) is 0 Å². The molecule has 0 unspecified atom stereocenters. The van der Waals surface area contributed by atoms with Crippen LogP contribution in [0.5, 0.6) is 0 Å². The van der Waals surface area contributed by atoms with Gasteiger partial charge >= 0.3 is 0 Å². The Morgan fingerprint density at radius 2 is 2.18 bits per heavy atom. The van der Waals surface area contributed by atoms with Crippen molar-refractivity contribution in [2.45, 2.75) is 65.3 Å². The minimum absolute atomic E-state index is 0.609. The highest BCUT2D eigenvalue weighted by atomic mass is 15.4. The fourth-order valence-corrected chi connectivity index (χ4v) is 3.52. The van der Waals surface area contributed by atoms with E-state index in [0.29, 0.717) is 12.0 Å². The second-order valence-corrected chi connectivity index (χ2v) is 6.80. The molecule has 0 bridgehead atoms. The van der Waals surface area contributed by atoms with Gasteiger partial charge in [0.05, 0.1) is 0 Å². The highest BCUT2D eigenvalue weighted by molar-refractivity contribution is 5.48. The van der Waals surface area contributed by atoms with E-state index in [9.17, 15) is 0 Å². The van der Waals surface area contributed by atoms with Gasteiger partial charge in [-0.15, -0.1) is 0 Å². The van der Waals surface area contributed by atoms with Gasteiger partial charge in [0.1, 0.15) is 12.1 Å². The molecule has 1 atom stereocenters. The van der Waals surface area contributed by atoms with E-state index in [4.69, 9.17) is 0 Å². The summed E-state index contributed by atoms with van der Waals surface area (Å²) in [5.74, 6) is 2.62. The molecule has 0 N–H and O–H groups in total. The lowest BCUT2D eigenvalue weighted by Gasteiger charge is -2.38. The molecule has 3 rings (SSSR count). The molecule has 120 valence electrons. The second kappa shape index (κ2) is 6.63. The van der Waals surface area contributed by atoms with E-state index in [2.05, 4.69) is 46.8 Å². The number of hydrogen-bond donors (Lipinski definition) is 0. The molecule has 22 heavy (non-hydrogen) atoms. The zero-order chi connectivity index (χ0) is 15.5. The van der Waals surface area contributed by atoms with Crippen molar-refractivity contribution in [1.82, 2.24) is 19.6 Å². The predicted octanol–water partition coefficient (Wildman–Crippen LogP) is 3.48. The average Bonchev–Trinajstić information content (AvgIpc) is 2.95. The normalized spacial score (nSPS) is 19.3. The first-order chi connectivity index (χ1) is 10.7. The van der Waals surface area contributed by atoms with Crippen LogP contribution >= 0.6 is 0 Å². The number of hydrogen-bond acceptors (Lipinski definition) is 4. The van der Waals surface area contributed by atoms with Gasteiger partial charge in [-0.25, -0.2) is 4.98 Å². The second-order valence-electron chi connectivity index (χ2n) is 6.80. The maximum atomic E-state index is 4.63. The summed E-state index contributed by atoms with van der Waals surface area (Å²) in [7, 11) is 0. The molecule has 1 fully saturated rings. The zero-order valence-electron chi connectivity index (χ0n) is 14.0. The van der Waals surface area contributed by atoms with Gasteiger partial charge in [0.2, 0.25) is 0 Å². The molecular weight excluding hydrogens is 274 g/mol. The van der Waals surface area contributed by atoms with E-state index < -0.39 is 0 Å². The molecule has 0 saturated carbocycles. The van der Waals surface area contributed by atoms with Crippen LogP contribution in [0, 0.1) is 5.92 Å². The van der Waals surface area contributed by atoms with Crippen molar-refractivity contribution in [3.63, 3.8) is 0 Å². The number of fused-ring (bicyclic) bond motifs is 1. The van der Waals surface area contributed by atoms with E-state index in [1.54, 1.807) is 6.33 Å². The van der Waals surface area contributed by atoms with Crippen LogP contribution in [0.2, 0.25) is 0 Å². The van der Waals surface area contributed by atoms with Crippen LogP contribution in [0.15, 0.2) is 12.4 Å². The van der Waals surface area contributed by atoms with Gasteiger partial charge in [0.15, 0.2) is 0 Å². The first-order valence-corrected chi connectivity index (χ1v) is 8.65. The minimum Gasteiger partial charge on any atom is -0.353 e. The number of nitrogens with zero attached hydrogens (tertiary/aromatic N) is 5. The molecule has 5 heteroatoms. The highest BCUT2D eigenvalue weighted by Gasteiger charge is 2.26. The Morgan fingerprint density at radius 3 is 2.95 bits per heavy atom. The molecule has 2 aromatic rings. The van der Waals surface area contributed by atoms with Crippen LogP contribution in [-0.2, 0) is 6.42 Å². The van der Waals surface area contributed by atoms with Crippen LogP contribution < -0.4 is 4.90 Å². The van der Waals surface area contributed by atoms with Crippen molar-refractivity contribution < 1.29 is 0 Å². The summed E-state index contributed by atoms with van der Waals surface area (Å²) >= 11 is 0. The number of rotatable bonds is 5. The summed E-state index contributed by atoms with van der Waals surface area (Å²) in [6.07, 6.45) is 8.83. The molecule has 3 heterocycles. The van der Waals surface area contributed by atoms with Crippen LogP contribution in [0.25, 0.3) is 5.78 Å². The SMILES string of the molecule is CCCc1cc(N2CCCC[C@@H]2CC(C)C)n2ncnc2n1. The number of anilines is 1. The number of aryl methyl sites for hydroxylation is 1. The van der Waals surface area contributed by atoms with E-state index in [-0.39, 0.29) is 0 Å². The summed E-state index contributed by atoms with van der Waals surface area (Å²) < 4.78 is 1.91. The Balaban J connectivity index is 2.00. The van der Waals surface area contributed by atoms with Gasteiger partial charge in [0, 0.05) is 24.3 Å². The van der Waals surface area contributed by atoms with Gasteiger partial charge in [-0.05, 0) is 38.0 Å². The smallest absolute Gasteiger partial charge is 0.254 e. The molecule has 0 aliphatic carbocycles. The van der Waals surface area contributed by atoms with Crippen molar-refractivity contribution >= 4 is 11.6 Å². The Morgan fingerprint density at radius 1 is 1.32 bits per heavy atom. The molecule has 1 aliphatic heterocycles. The maximum absolute atomic E-state index is 4.63. The molecule has 2 aromatic heterocycles. The Bertz CT molecular complexity index is 619. The summed E-state index contributed by atoms with van der Waals surface area (Å²) in [4.78, 5) is 11.5. The lowest BCUT2D eigenvalue weighted by atomic mass is 9.94. The van der Waals surface area contributed by atoms with E-state index >= 15 is 0 Å². The van der Waals surface area contributed by atoms with E-state index in [0.717, 1.165) is 30.9 Å². The van der Waals surface area contributed by atoms with Crippen molar-refractivity contribution in [3.05, 3.63) is 18.1 Å². The van der Waals surface area contributed by atoms with Crippen LogP contribution in [0.1, 0.15) is 58.6 Å². The van der Waals surface area contributed by atoms with Crippen LogP contribution in [-0.4, -0.2) is 32.2 Å². The monoisotopic (exact) mass is 301 g/mol. The Hall–Kier alpha value is -1.65. The number of aromatic nitrogens is 4. The quantitative estimate of drug-likeness (QED) is 0.848. The largest absolute Gasteiger partial charge is 0.353 e. The van der Waals surface area contributed by atoms with Crippen molar-refractivity contribution in [2.75, 3.05) is 11.4 Å². The van der Waals surface area contributed by atoms with Gasteiger partial charge in [-0.1, -0.05) is 27.2 Å². The predicted molar refractivity (Wildman–Crippen MR) is 89.2 cm³/mol. The first kappa shape index (κ1) is 15.3. The topological polar surface area (TPSA) is 46.3 Å². The first-order valence-electron chi connectivity index (χ1n) is 8.65. The molecule has 0 spiro atoms. The third-order valence-corrected chi connectivity index (χ3v) is 4.46. The lowest BCUT2D eigenvalue weighted by Crippen LogP contribution is -2.41. The molecule has 0 aromatic carbocycles. The fraction of sp³-hybridized carbons (Fsp3) is 0.706. The average molecular weight is 301 g/mol. The van der Waals surface area contributed by atoms with Gasteiger partial charge in [-0.2, -0.15) is 14.6 Å². The van der Waals surface area contributed by atoms with Gasteiger partial charge < -0.3 is 4.90 Å². The van der Waals surface area contributed by atoms with Crippen LogP contribution in [0.3, 0.4) is 0 Å². The Labute approximate surface area is 132 Å². The summed E-state index contributed by atoms with van der Waals surface area (Å²) in [6.45, 7) is 7.93. The molecule has 5 nitrogen and oxygen atoms in total. The Kier molecular flexibility index (Phi) is 4.60. The van der Waals surface area contributed by atoms with Crippen molar-refractivity contribution in [2.24, 2.45) is 5.92 Å². The molecular formula is C17H27N5. The minimum atomic E-state index is 0.609. The summed E-state index contributed by atoms with van der Waals surface area (Å²) in [5.41, 5.74) is 1.13. The van der Waals surface area contributed by atoms with E-state index in [1.165, 1.54) is 31.5 Å². The lowest BCUT2D eigenvalue weighted by molar-refractivity contribution is 0.389. The third-order valence-electron chi connectivity index (χ3n) is 4.46. The third kappa shape index (κ3) is 3.08. The van der Waals surface area contributed by atoms with Gasteiger partial charge in [-0.3, -0.25) is 0 Å². The molecule has 1 saturated heterocycles. The summed E-state index contributed by atoms with van der Waals surface area (Å²) in [5, 5.41) is 4.41. The molecule has 1 aliphatic rings. The highest BCUT2D eigenvalue weighted by Crippen LogP contribution is 2.29. The fourth-order valence-electron chi connectivity index (χ4n) is 3.52.